The van der Waals surface area contributed by atoms with E-state index < -0.39 is 11.9 Å². The van der Waals surface area contributed by atoms with E-state index in [2.05, 4.69) is 10.5 Å². The first-order chi connectivity index (χ1) is 15.9. The molecule has 0 saturated heterocycles. The van der Waals surface area contributed by atoms with Crippen LogP contribution < -0.4 is 10.2 Å². The minimum absolute atomic E-state index is 0.173. The van der Waals surface area contributed by atoms with E-state index in [4.69, 9.17) is 39.5 Å². The van der Waals surface area contributed by atoms with Gasteiger partial charge in [0.15, 0.2) is 0 Å². The van der Waals surface area contributed by atoms with Crippen LogP contribution in [0.4, 0.5) is 0 Å². The number of hydrogen-bond acceptors (Lipinski definition) is 4. The maximum Gasteiger partial charge on any atom is 0.345 e. The fraction of sp³-hybridized carbons (Fsp3) is 0. The van der Waals surface area contributed by atoms with Gasteiger partial charge in [0.1, 0.15) is 5.75 Å². The lowest BCUT2D eigenvalue weighted by Gasteiger charge is -2.11. The Kier molecular flexibility index (Phi) is 6.94. The van der Waals surface area contributed by atoms with Gasteiger partial charge in [0, 0.05) is 21.2 Å². The molecular weight excluding hydrogens is 483 g/mol. The van der Waals surface area contributed by atoms with Crippen molar-refractivity contribution in [3.05, 3.63) is 111 Å². The molecule has 4 rings (SSSR count). The van der Waals surface area contributed by atoms with Gasteiger partial charge in [0.05, 0.1) is 16.8 Å². The van der Waals surface area contributed by atoms with Crippen LogP contribution in [-0.2, 0) is 0 Å². The highest BCUT2D eigenvalue weighted by Crippen LogP contribution is 2.29. The smallest absolute Gasteiger partial charge is 0.345 e. The number of hydrogen-bond donors (Lipinski definition) is 1. The maximum atomic E-state index is 12.8. The van der Waals surface area contributed by atoms with Crippen LogP contribution in [0, 0.1) is 0 Å². The van der Waals surface area contributed by atoms with Crippen LogP contribution in [0.1, 0.15) is 26.3 Å². The standard InChI is InChI=1S/C25H15Cl3N2O3/c26-17-6-3-5-16(12-17)24(31)30-29-14-21-19-7-2-1-4-15(19)8-11-23(21)33-25(32)20-10-9-18(27)13-22(20)28/h1-14H,(H,30,31)/b29-14+. The number of rotatable bonds is 5. The number of ether oxygens (including phenoxy) is 1. The van der Waals surface area contributed by atoms with Gasteiger partial charge in [-0.15, -0.1) is 0 Å². The number of benzene rings is 4. The Balaban J connectivity index is 1.64. The van der Waals surface area contributed by atoms with Gasteiger partial charge in [-0.3, -0.25) is 4.79 Å². The molecule has 0 radical (unpaired) electrons. The number of nitrogens with zero attached hydrogens (tertiary/aromatic N) is 1. The summed E-state index contributed by atoms with van der Waals surface area (Å²) in [5, 5.41) is 6.78. The molecule has 0 unspecified atom stereocenters. The first-order valence-corrected chi connectivity index (χ1v) is 10.8. The average molecular weight is 498 g/mol. The molecule has 4 aromatic rings. The van der Waals surface area contributed by atoms with Crippen molar-refractivity contribution in [1.29, 1.82) is 0 Å². The first-order valence-electron chi connectivity index (χ1n) is 9.70. The minimum Gasteiger partial charge on any atom is -0.422 e. The molecule has 0 aliphatic heterocycles. The Labute approximate surface area is 204 Å². The highest BCUT2D eigenvalue weighted by Gasteiger charge is 2.16. The summed E-state index contributed by atoms with van der Waals surface area (Å²) in [6, 6.07) is 22.0. The van der Waals surface area contributed by atoms with Gasteiger partial charge < -0.3 is 4.74 Å². The van der Waals surface area contributed by atoms with Crippen LogP contribution in [0.15, 0.2) is 84.0 Å². The Hall–Kier alpha value is -3.38. The average Bonchev–Trinajstić information content (AvgIpc) is 2.80. The van der Waals surface area contributed by atoms with Gasteiger partial charge in [0.25, 0.3) is 5.91 Å². The SMILES string of the molecule is O=C(N/N=C/c1c(OC(=O)c2ccc(Cl)cc2Cl)ccc2ccccc12)c1cccc(Cl)c1. The van der Waals surface area contributed by atoms with Crippen molar-refractivity contribution in [1.82, 2.24) is 5.43 Å². The molecular formula is C25H15Cl3N2O3. The summed E-state index contributed by atoms with van der Waals surface area (Å²) in [5.41, 5.74) is 3.51. The zero-order valence-corrected chi connectivity index (χ0v) is 19.2. The number of carbonyl (C=O) groups is 2. The molecule has 5 nitrogen and oxygen atoms in total. The predicted molar refractivity (Wildman–Crippen MR) is 132 cm³/mol. The molecule has 0 saturated carbocycles. The fourth-order valence-electron chi connectivity index (χ4n) is 3.16. The summed E-state index contributed by atoms with van der Waals surface area (Å²) in [5.74, 6) is -0.824. The van der Waals surface area contributed by atoms with E-state index in [0.29, 0.717) is 21.2 Å². The molecule has 8 heteroatoms. The van der Waals surface area contributed by atoms with Crippen LogP contribution in [0.2, 0.25) is 15.1 Å². The third-order valence-corrected chi connectivity index (χ3v) is 5.51. The number of amides is 1. The summed E-state index contributed by atoms with van der Waals surface area (Å²) >= 11 is 18.0. The largest absolute Gasteiger partial charge is 0.422 e. The first kappa shape index (κ1) is 22.8. The van der Waals surface area contributed by atoms with Gasteiger partial charge in [-0.25, -0.2) is 10.2 Å². The molecule has 0 bridgehead atoms. The van der Waals surface area contributed by atoms with E-state index in [0.717, 1.165) is 10.8 Å². The van der Waals surface area contributed by atoms with E-state index in [1.54, 1.807) is 30.3 Å². The summed E-state index contributed by atoms with van der Waals surface area (Å²) in [7, 11) is 0. The Morgan fingerprint density at radius 3 is 2.42 bits per heavy atom. The third-order valence-electron chi connectivity index (χ3n) is 4.73. The molecule has 0 aromatic heterocycles. The lowest BCUT2D eigenvalue weighted by Crippen LogP contribution is -2.17. The van der Waals surface area contributed by atoms with E-state index in [-0.39, 0.29) is 16.3 Å². The highest BCUT2D eigenvalue weighted by molar-refractivity contribution is 6.36. The van der Waals surface area contributed by atoms with Crippen molar-refractivity contribution in [2.24, 2.45) is 5.10 Å². The number of halogens is 3. The Morgan fingerprint density at radius 2 is 1.64 bits per heavy atom. The molecule has 4 aromatic carbocycles. The number of carbonyl (C=O) groups excluding carboxylic acids is 2. The molecule has 0 fully saturated rings. The van der Waals surface area contributed by atoms with Crippen LogP contribution in [-0.4, -0.2) is 18.1 Å². The minimum atomic E-state index is -0.649. The van der Waals surface area contributed by atoms with Crippen molar-refractivity contribution in [3.8, 4) is 5.75 Å². The van der Waals surface area contributed by atoms with Crippen LogP contribution in [0.3, 0.4) is 0 Å². The van der Waals surface area contributed by atoms with Gasteiger partial charge in [-0.2, -0.15) is 5.10 Å². The van der Waals surface area contributed by atoms with E-state index in [1.165, 1.54) is 24.4 Å². The van der Waals surface area contributed by atoms with Gasteiger partial charge in [-0.1, -0.05) is 71.2 Å². The van der Waals surface area contributed by atoms with E-state index in [1.807, 2.05) is 30.3 Å². The summed E-state index contributed by atoms with van der Waals surface area (Å²) in [6.07, 6.45) is 1.43. The second-order valence-electron chi connectivity index (χ2n) is 6.92. The monoisotopic (exact) mass is 496 g/mol. The Morgan fingerprint density at radius 1 is 0.848 bits per heavy atom. The summed E-state index contributed by atoms with van der Waals surface area (Å²) in [6.45, 7) is 0. The predicted octanol–water partition coefficient (Wildman–Crippen LogP) is 6.78. The molecule has 0 aliphatic rings. The van der Waals surface area contributed by atoms with Crippen molar-refractivity contribution in [2.75, 3.05) is 0 Å². The highest BCUT2D eigenvalue weighted by atomic mass is 35.5. The topological polar surface area (TPSA) is 67.8 Å². The number of fused-ring (bicyclic) bond motifs is 1. The Bertz CT molecular complexity index is 1400. The molecule has 1 N–H and O–H groups in total. The van der Waals surface area contributed by atoms with Crippen molar-refractivity contribution in [2.45, 2.75) is 0 Å². The molecule has 1 amide bonds. The van der Waals surface area contributed by atoms with E-state index >= 15 is 0 Å². The second kappa shape index (κ2) is 10.0. The third kappa shape index (κ3) is 5.34. The van der Waals surface area contributed by atoms with Gasteiger partial charge in [0.2, 0.25) is 0 Å². The quantitative estimate of drug-likeness (QED) is 0.143. The molecule has 33 heavy (non-hydrogen) atoms. The van der Waals surface area contributed by atoms with Gasteiger partial charge >= 0.3 is 5.97 Å². The van der Waals surface area contributed by atoms with Crippen LogP contribution in [0.25, 0.3) is 10.8 Å². The van der Waals surface area contributed by atoms with Crippen LogP contribution in [0.5, 0.6) is 5.75 Å². The van der Waals surface area contributed by atoms with E-state index in [9.17, 15) is 9.59 Å². The molecule has 0 heterocycles. The number of nitrogens with one attached hydrogen (secondary N) is 1. The van der Waals surface area contributed by atoms with Gasteiger partial charge in [-0.05, 0) is 53.2 Å². The molecule has 0 atom stereocenters. The number of esters is 1. The fourth-order valence-corrected chi connectivity index (χ4v) is 3.83. The normalized spacial score (nSPS) is 11.0. The maximum absolute atomic E-state index is 12.8. The molecule has 0 spiro atoms. The second-order valence-corrected chi connectivity index (χ2v) is 8.20. The van der Waals surface area contributed by atoms with Crippen molar-refractivity contribution >= 4 is 63.7 Å². The number of hydrazone groups is 1. The summed E-state index contributed by atoms with van der Waals surface area (Å²) < 4.78 is 5.63. The summed E-state index contributed by atoms with van der Waals surface area (Å²) in [4.78, 5) is 25.1. The molecule has 0 aliphatic carbocycles. The van der Waals surface area contributed by atoms with Crippen molar-refractivity contribution in [3.63, 3.8) is 0 Å². The zero-order chi connectivity index (χ0) is 23.4. The lowest BCUT2D eigenvalue weighted by molar-refractivity contribution is 0.0734. The molecule has 164 valence electrons. The zero-order valence-electron chi connectivity index (χ0n) is 16.9. The lowest BCUT2D eigenvalue weighted by atomic mass is 10.0. The van der Waals surface area contributed by atoms with Crippen LogP contribution >= 0.6 is 34.8 Å². The van der Waals surface area contributed by atoms with Crippen molar-refractivity contribution < 1.29 is 14.3 Å².